The van der Waals surface area contributed by atoms with E-state index in [1.165, 1.54) is 0 Å². The van der Waals surface area contributed by atoms with Crippen molar-refractivity contribution in [3.05, 3.63) is 12.7 Å². The third-order valence-corrected chi connectivity index (χ3v) is 3.90. The first kappa shape index (κ1) is 22.1. The minimum atomic E-state index is -0.890. The Balaban J connectivity index is 4.21. The van der Waals surface area contributed by atoms with Crippen LogP contribution in [0.4, 0.5) is 0 Å². The van der Waals surface area contributed by atoms with Gasteiger partial charge in [-0.2, -0.15) is 0 Å². The predicted molar refractivity (Wildman–Crippen MR) is 92.5 cm³/mol. The molecular formula is C17H34N2O4. The van der Waals surface area contributed by atoms with Crippen LogP contribution in [0, 0.1) is 0 Å². The number of rotatable bonds is 15. The number of aliphatic hydroxyl groups is 2. The lowest BCUT2D eigenvalue weighted by molar-refractivity contribution is -0.143. The fraction of sp³-hybridized carbons (Fsp3) is 0.824. The normalized spacial score (nSPS) is 15.3. The molecule has 6 heteroatoms. The van der Waals surface area contributed by atoms with Gasteiger partial charge in [-0.3, -0.25) is 9.69 Å². The van der Waals surface area contributed by atoms with Crippen LogP contribution in [-0.2, 0) is 4.79 Å². The molecule has 23 heavy (non-hydrogen) atoms. The van der Waals surface area contributed by atoms with Gasteiger partial charge >= 0.3 is 5.97 Å². The number of unbranched alkanes of at least 4 members (excludes halogenated alkanes) is 1. The average Bonchev–Trinajstić information content (AvgIpc) is 2.52. The molecule has 3 unspecified atom stereocenters. The number of nitrogens with one attached hydrogen (secondary N) is 1. The molecular weight excluding hydrogens is 296 g/mol. The maximum Gasteiger partial charge on any atom is 0.320 e. The van der Waals surface area contributed by atoms with E-state index in [9.17, 15) is 20.1 Å². The lowest BCUT2D eigenvalue weighted by Crippen LogP contribution is -2.46. The van der Waals surface area contributed by atoms with Gasteiger partial charge in [0.1, 0.15) is 6.04 Å². The van der Waals surface area contributed by atoms with Crippen LogP contribution in [0.1, 0.15) is 46.0 Å². The average molecular weight is 330 g/mol. The lowest BCUT2D eigenvalue weighted by Gasteiger charge is -2.28. The number of hydrogen-bond acceptors (Lipinski definition) is 5. The van der Waals surface area contributed by atoms with Gasteiger partial charge in [0.15, 0.2) is 0 Å². The molecule has 0 heterocycles. The van der Waals surface area contributed by atoms with E-state index in [0.29, 0.717) is 39.0 Å². The predicted octanol–water partition coefficient (Wildman–Crippen LogP) is 1.23. The summed E-state index contributed by atoms with van der Waals surface area (Å²) in [5, 5.41) is 32.1. The molecule has 6 nitrogen and oxygen atoms in total. The maximum atomic E-state index is 11.2. The summed E-state index contributed by atoms with van der Waals surface area (Å²) in [5.41, 5.74) is 0. The van der Waals surface area contributed by atoms with Gasteiger partial charge in [0.25, 0.3) is 0 Å². The molecule has 0 saturated heterocycles. The Morgan fingerprint density at radius 3 is 2.57 bits per heavy atom. The van der Waals surface area contributed by atoms with Crippen molar-refractivity contribution < 1.29 is 20.1 Å². The minimum Gasteiger partial charge on any atom is -0.480 e. The first-order chi connectivity index (χ1) is 10.9. The minimum absolute atomic E-state index is 0.355. The number of carboxylic acids is 1. The number of hydrogen-bond donors (Lipinski definition) is 4. The first-order valence-electron chi connectivity index (χ1n) is 8.56. The summed E-state index contributed by atoms with van der Waals surface area (Å²) in [6, 6.07) is -0.640. The van der Waals surface area contributed by atoms with Crippen molar-refractivity contribution in [2.45, 2.75) is 64.2 Å². The standard InChI is InChI=1S/C17H34N2O4/c1-4-6-8-15(20)12-18-10-11-19(14(3)17(22)23)13-16(21)9-7-5-2/h4,14-16,18,20-21H,1,5-13H2,2-3H3,(H,22,23). The van der Waals surface area contributed by atoms with E-state index in [2.05, 4.69) is 18.8 Å². The fourth-order valence-electron chi connectivity index (χ4n) is 2.30. The molecule has 0 aliphatic heterocycles. The Kier molecular flexibility index (Phi) is 12.9. The molecule has 0 spiro atoms. The molecule has 0 aromatic carbocycles. The molecule has 4 N–H and O–H groups in total. The van der Waals surface area contributed by atoms with Gasteiger partial charge in [-0.1, -0.05) is 25.8 Å². The summed E-state index contributed by atoms with van der Waals surface area (Å²) in [5.74, 6) is -0.890. The Hall–Kier alpha value is -0.950. The summed E-state index contributed by atoms with van der Waals surface area (Å²) < 4.78 is 0. The van der Waals surface area contributed by atoms with Crippen LogP contribution in [0.5, 0.6) is 0 Å². The van der Waals surface area contributed by atoms with Crippen molar-refractivity contribution in [1.29, 1.82) is 0 Å². The van der Waals surface area contributed by atoms with E-state index in [1.54, 1.807) is 17.9 Å². The topological polar surface area (TPSA) is 93.0 Å². The Morgan fingerprint density at radius 2 is 2.00 bits per heavy atom. The summed E-state index contributed by atoms with van der Waals surface area (Å²) >= 11 is 0. The lowest BCUT2D eigenvalue weighted by atomic mass is 10.1. The van der Waals surface area contributed by atoms with Gasteiger partial charge in [0, 0.05) is 26.2 Å². The second-order valence-electron chi connectivity index (χ2n) is 6.03. The molecule has 0 aliphatic carbocycles. The van der Waals surface area contributed by atoms with Crippen molar-refractivity contribution in [2.75, 3.05) is 26.2 Å². The number of aliphatic carboxylic acids is 1. The largest absolute Gasteiger partial charge is 0.480 e. The monoisotopic (exact) mass is 330 g/mol. The highest BCUT2D eigenvalue weighted by Gasteiger charge is 2.22. The SMILES string of the molecule is C=CCCC(O)CNCCN(CC(O)CCCC)C(C)C(=O)O. The van der Waals surface area contributed by atoms with Gasteiger partial charge in [-0.05, 0) is 26.2 Å². The van der Waals surface area contributed by atoms with Crippen LogP contribution in [0.15, 0.2) is 12.7 Å². The Labute approximate surface area is 140 Å². The zero-order valence-electron chi connectivity index (χ0n) is 14.6. The van der Waals surface area contributed by atoms with Gasteiger partial charge in [-0.15, -0.1) is 6.58 Å². The number of allylic oxidation sites excluding steroid dienone is 1. The van der Waals surface area contributed by atoms with E-state index >= 15 is 0 Å². The van der Waals surface area contributed by atoms with Crippen molar-refractivity contribution in [1.82, 2.24) is 10.2 Å². The van der Waals surface area contributed by atoms with E-state index < -0.39 is 24.2 Å². The number of nitrogens with zero attached hydrogens (tertiary/aromatic N) is 1. The van der Waals surface area contributed by atoms with Gasteiger partial charge in [-0.25, -0.2) is 0 Å². The molecule has 136 valence electrons. The van der Waals surface area contributed by atoms with Crippen LogP contribution < -0.4 is 5.32 Å². The molecule has 0 aromatic heterocycles. The zero-order valence-corrected chi connectivity index (χ0v) is 14.6. The number of carboxylic acid groups (broad SMARTS) is 1. The summed E-state index contributed by atoms with van der Waals surface area (Å²) in [7, 11) is 0. The highest BCUT2D eigenvalue weighted by Crippen LogP contribution is 2.06. The molecule has 0 fully saturated rings. The molecule has 0 amide bonds. The van der Waals surface area contributed by atoms with E-state index in [1.807, 2.05) is 0 Å². The summed E-state index contributed by atoms with van der Waals surface area (Å²) in [6.45, 7) is 9.23. The summed E-state index contributed by atoms with van der Waals surface area (Å²) in [6.07, 6.45) is 4.92. The van der Waals surface area contributed by atoms with Crippen molar-refractivity contribution in [3.63, 3.8) is 0 Å². The van der Waals surface area contributed by atoms with Crippen molar-refractivity contribution in [3.8, 4) is 0 Å². The Morgan fingerprint density at radius 1 is 1.30 bits per heavy atom. The van der Waals surface area contributed by atoms with E-state index in [-0.39, 0.29) is 0 Å². The van der Waals surface area contributed by atoms with Crippen molar-refractivity contribution >= 4 is 5.97 Å². The highest BCUT2D eigenvalue weighted by molar-refractivity contribution is 5.72. The molecule has 0 bridgehead atoms. The molecule has 0 radical (unpaired) electrons. The van der Waals surface area contributed by atoms with Gasteiger partial charge in [0.2, 0.25) is 0 Å². The van der Waals surface area contributed by atoms with Gasteiger partial charge in [0.05, 0.1) is 12.2 Å². The zero-order chi connectivity index (χ0) is 17.7. The van der Waals surface area contributed by atoms with Crippen LogP contribution in [0.25, 0.3) is 0 Å². The molecule has 0 saturated carbocycles. The smallest absolute Gasteiger partial charge is 0.320 e. The quantitative estimate of drug-likeness (QED) is 0.267. The van der Waals surface area contributed by atoms with Crippen LogP contribution >= 0.6 is 0 Å². The van der Waals surface area contributed by atoms with Crippen LogP contribution in [-0.4, -0.2) is 70.6 Å². The third-order valence-electron chi connectivity index (χ3n) is 3.90. The number of aliphatic hydroxyl groups excluding tert-OH is 2. The van der Waals surface area contributed by atoms with Gasteiger partial charge < -0.3 is 20.6 Å². The van der Waals surface area contributed by atoms with Crippen LogP contribution in [0.3, 0.4) is 0 Å². The van der Waals surface area contributed by atoms with Crippen LogP contribution in [0.2, 0.25) is 0 Å². The maximum absolute atomic E-state index is 11.2. The third kappa shape index (κ3) is 11.3. The highest BCUT2D eigenvalue weighted by atomic mass is 16.4. The fourth-order valence-corrected chi connectivity index (χ4v) is 2.30. The molecule has 0 aliphatic rings. The van der Waals surface area contributed by atoms with E-state index in [0.717, 1.165) is 19.3 Å². The Bertz CT molecular complexity index is 326. The second kappa shape index (κ2) is 13.5. The van der Waals surface area contributed by atoms with Crippen molar-refractivity contribution in [2.24, 2.45) is 0 Å². The van der Waals surface area contributed by atoms with E-state index in [4.69, 9.17) is 0 Å². The number of carbonyl (C=O) groups is 1. The molecule has 0 rings (SSSR count). The summed E-state index contributed by atoms with van der Waals surface area (Å²) in [4.78, 5) is 13.0. The second-order valence-corrected chi connectivity index (χ2v) is 6.03. The molecule has 0 aromatic rings. The first-order valence-corrected chi connectivity index (χ1v) is 8.56. The molecule has 3 atom stereocenters.